The van der Waals surface area contributed by atoms with Gasteiger partial charge in [0.2, 0.25) is 0 Å². The zero-order chi connectivity index (χ0) is 17.0. The number of carboxylic acids is 1. The Hall–Kier alpha value is -1.80. The fraction of sp³-hybridized carbons (Fsp3) is 0.467. The number of hydrogen-bond acceptors (Lipinski definition) is 5. The smallest absolute Gasteiger partial charge is 0.305 e. The molecule has 2 rings (SSSR count). The van der Waals surface area contributed by atoms with Gasteiger partial charge in [0, 0.05) is 12.1 Å². The van der Waals surface area contributed by atoms with E-state index >= 15 is 0 Å². The van der Waals surface area contributed by atoms with Crippen LogP contribution in [-0.2, 0) is 9.53 Å². The van der Waals surface area contributed by atoms with Crippen LogP contribution < -0.4 is 9.47 Å². The van der Waals surface area contributed by atoms with E-state index in [1.807, 2.05) is 0 Å². The third kappa shape index (κ3) is 3.94. The van der Waals surface area contributed by atoms with Gasteiger partial charge in [-0.3, -0.25) is 9.59 Å². The van der Waals surface area contributed by atoms with Crippen molar-refractivity contribution < 1.29 is 28.9 Å². The summed E-state index contributed by atoms with van der Waals surface area (Å²) in [6.45, 7) is 0.937. The predicted molar refractivity (Wildman–Crippen MR) is 85.1 cm³/mol. The van der Waals surface area contributed by atoms with Gasteiger partial charge in [0.15, 0.2) is 0 Å². The topological polar surface area (TPSA) is 85.3 Å². The summed E-state index contributed by atoms with van der Waals surface area (Å²) in [6.07, 6.45) is -0.156. The molecule has 0 radical (unpaired) electrons. The molecule has 1 amide bonds. The summed E-state index contributed by atoms with van der Waals surface area (Å²) in [5.41, 5.74) is 0.374. The summed E-state index contributed by atoms with van der Waals surface area (Å²) in [7, 11) is 2.99. The third-order valence-corrected chi connectivity index (χ3v) is 4.37. The van der Waals surface area contributed by atoms with E-state index in [0.717, 1.165) is 0 Å². The van der Waals surface area contributed by atoms with Crippen molar-refractivity contribution >= 4 is 27.8 Å². The van der Waals surface area contributed by atoms with E-state index in [1.165, 1.54) is 19.1 Å². The summed E-state index contributed by atoms with van der Waals surface area (Å²) < 4.78 is 16.4. The standard InChI is InChI=1S/C15H18BrNO6/c1-21-11-5-9(6-12(22-2)14(11)16)15(20)17-3-4-23-8-10(17)7-13(18)19/h5-6,10H,3-4,7-8H2,1-2H3,(H,18,19). The molecule has 1 saturated heterocycles. The van der Waals surface area contributed by atoms with E-state index in [-0.39, 0.29) is 18.9 Å². The molecule has 8 heteroatoms. The average Bonchev–Trinajstić information content (AvgIpc) is 2.54. The number of carbonyl (C=O) groups excluding carboxylic acids is 1. The highest BCUT2D eigenvalue weighted by Crippen LogP contribution is 2.36. The fourth-order valence-corrected chi connectivity index (χ4v) is 3.00. The molecule has 23 heavy (non-hydrogen) atoms. The van der Waals surface area contributed by atoms with Gasteiger partial charge in [-0.05, 0) is 28.1 Å². The first-order valence-corrected chi connectivity index (χ1v) is 7.79. The molecule has 1 fully saturated rings. The maximum absolute atomic E-state index is 12.8. The highest BCUT2D eigenvalue weighted by Gasteiger charge is 2.30. The zero-order valence-corrected chi connectivity index (χ0v) is 14.5. The van der Waals surface area contributed by atoms with Gasteiger partial charge < -0.3 is 24.2 Å². The number of hydrogen-bond donors (Lipinski definition) is 1. The maximum Gasteiger partial charge on any atom is 0.305 e. The van der Waals surface area contributed by atoms with Crippen molar-refractivity contribution in [1.29, 1.82) is 0 Å². The Morgan fingerprint density at radius 3 is 2.48 bits per heavy atom. The quantitative estimate of drug-likeness (QED) is 0.828. The van der Waals surface area contributed by atoms with Crippen LogP contribution in [-0.4, -0.2) is 61.9 Å². The largest absolute Gasteiger partial charge is 0.495 e. The van der Waals surface area contributed by atoms with E-state index in [2.05, 4.69) is 15.9 Å². The van der Waals surface area contributed by atoms with E-state index in [0.29, 0.717) is 34.7 Å². The summed E-state index contributed by atoms with van der Waals surface area (Å²) in [5.74, 6) is -0.306. The van der Waals surface area contributed by atoms with E-state index in [1.54, 1.807) is 12.1 Å². The minimum Gasteiger partial charge on any atom is -0.495 e. The van der Waals surface area contributed by atoms with Gasteiger partial charge in [-0.15, -0.1) is 0 Å². The number of nitrogens with zero attached hydrogens (tertiary/aromatic N) is 1. The lowest BCUT2D eigenvalue weighted by Gasteiger charge is -2.35. The average molecular weight is 388 g/mol. The number of benzene rings is 1. The molecule has 1 aliphatic rings. The molecule has 1 aromatic carbocycles. The molecule has 0 spiro atoms. The van der Waals surface area contributed by atoms with Crippen LogP contribution in [0.5, 0.6) is 11.5 Å². The summed E-state index contributed by atoms with van der Waals surface area (Å²) in [4.78, 5) is 25.3. The van der Waals surface area contributed by atoms with Crippen LogP contribution in [0.25, 0.3) is 0 Å². The van der Waals surface area contributed by atoms with Crippen LogP contribution in [0.15, 0.2) is 16.6 Å². The number of aliphatic carboxylic acids is 1. The monoisotopic (exact) mass is 387 g/mol. The van der Waals surface area contributed by atoms with Crippen molar-refractivity contribution in [1.82, 2.24) is 4.90 Å². The fourth-order valence-electron chi connectivity index (χ4n) is 2.45. The van der Waals surface area contributed by atoms with Crippen molar-refractivity contribution in [3.63, 3.8) is 0 Å². The Morgan fingerprint density at radius 1 is 1.35 bits per heavy atom. The van der Waals surface area contributed by atoms with Crippen LogP contribution in [0.3, 0.4) is 0 Å². The number of morpholine rings is 1. The second kappa shape index (κ2) is 7.65. The lowest BCUT2D eigenvalue weighted by atomic mass is 10.1. The van der Waals surface area contributed by atoms with Crippen LogP contribution in [0, 0.1) is 0 Å². The van der Waals surface area contributed by atoms with Crippen LogP contribution in [0.2, 0.25) is 0 Å². The number of carbonyl (C=O) groups is 2. The molecule has 0 saturated carbocycles. The molecule has 1 heterocycles. The molecule has 0 bridgehead atoms. The predicted octanol–water partition coefficient (Wildman–Crippen LogP) is 1.78. The summed E-state index contributed by atoms with van der Waals surface area (Å²) >= 11 is 3.35. The van der Waals surface area contributed by atoms with E-state index < -0.39 is 12.0 Å². The minimum absolute atomic E-state index is 0.156. The number of halogens is 1. The lowest BCUT2D eigenvalue weighted by Crippen LogP contribution is -2.49. The molecular formula is C15H18BrNO6. The highest BCUT2D eigenvalue weighted by molar-refractivity contribution is 9.10. The molecule has 126 valence electrons. The second-order valence-corrected chi connectivity index (χ2v) is 5.81. The number of rotatable bonds is 5. The molecule has 0 aromatic heterocycles. The first-order chi connectivity index (χ1) is 11.0. The van der Waals surface area contributed by atoms with Gasteiger partial charge in [0.1, 0.15) is 16.0 Å². The Kier molecular flexibility index (Phi) is 5.84. The van der Waals surface area contributed by atoms with Gasteiger partial charge in [0.25, 0.3) is 5.91 Å². The molecule has 1 N–H and O–H groups in total. The van der Waals surface area contributed by atoms with E-state index in [9.17, 15) is 9.59 Å². The van der Waals surface area contributed by atoms with Crippen molar-refractivity contribution in [2.75, 3.05) is 34.0 Å². The van der Waals surface area contributed by atoms with Crippen molar-refractivity contribution in [2.45, 2.75) is 12.5 Å². The van der Waals surface area contributed by atoms with Crippen LogP contribution in [0.4, 0.5) is 0 Å². The van der Waals surface area contributed by atoms with Gasteiger partial charge in [-0.25, -0.2) is 0 Å². The summed E-state index contributed by atoms with van der Waals surface area (Å²) in [5, 5.41) is 9.00. The lowest BCUT2D eigenvalue weighted by molar-refractivity contribution is -0.139. The maximum atomic E-state index is 12.8. The van der Waals surface area contributed by atoms with Gasteiger partial charge in [-0.1, -0.05) is 0 Å². The Balaban J connectivity index is 2.32. The van der Waals surface area contributed by atoms with Crippen molar-refractivity contribution in [3.05, 3.63) is 22.2 Å². The number of amides is 1. The third-order valence-electron chi connectivity index (χ3n) is 3.59. The number of ether oxygens (including phenoxy) is 3. The highest BCUT2D eigenvalue weighted by atomic mass is 79.9. The Bertz CT molecular complexity index is 581. The van der Waals surface area contributed by atoms with Crippen molar-refractivity contribution in [3.8, 4) is 11.5 Å². The molecule has 1 unspecified atom stereocenters. The SMILES string of the molecule is COc1cc(C(=O)N2CCOCC2CC(=O)O)cc(OC)c1Br. The molecule has 1 aliphatic heterocycles. The molecule has 7 nitrogen and oxygen atoms in total. The van der Waals surface area contributed by atoms with Gasteiger partial charge in [-0.2, -0.15) is 0 Å². The van der Waals surface area contributed by atoms with Crippen LogP contribution >= 0.6 is 15.9 Å². The van der Waals surface area contributed by atoms with Gasteiger partial charge >= 0.3 is 5.97 Å². The normalized spacial score (nSPS) is 17.7. The molecular weight excluding hydrogens is 370 g/mol. The number of methoxy groups -OCH3 is 2. The van der Waals surface area contributed by atoms with Gasteiger partial charge in [0.05, 0.1) is 39.9 Å². The molecule has 1 atom stereocenters. The minimum atomic E-state index is -0.968. The Morgan fingerprint density at radius 2 is 1.96 bits per heavy atom. The summed E-state index contributed by atoms with van der Waals surface area (Å²) in [6, 6.07) is 2.71. The Labute approximate surface area is 142 Å². The van der Waals surface area contributed by atoms with Crippen molar-refractivity contribution in [2.24, 2.45) is 0 Å². The first kappa shape index (κ1) is 17.6. The zero-order valence-electron chi connectivity index (χ0n) is 12.9. The molecule has 1 aromatic rings. The van der Waals surface area contributed by atoms with E-state index in [4.69, 9.17) is 19.3 Å². The van der Waals surface area contributed by atoms with Crippen LogP contribution in [0.1, 0.15) is 16.8 Å². The number of carboxylic acid groups (broad SMARTS) is 1. The first-order valence-electron chi connectivity index (χ1n) is 7.00. The second-order valence-electron chi connectivity index (χ2n) is 5.02. The molecule has 0 aliphatic carbocycles.